The highest BCUT2D eigenvalue weighted by Crippen LogP contribution is 2.47. The molecule has 3 atom stereocenters. The van der Waals surface area contributed by atoms with Crippen LogP contribution < -0.4 is 9.64 Å². The van der Waals surface area contributed by atoms with Crippen LogP contribution in [0.5, 0.6) is 11.8 Å². The molecular formula is C35H36F3N5O3. The fraction of sp³-hybridized carbons (Fsp3) is 0.457. The van der Waals surface area contributed by atoms with E-state index in [-0.39, 0.29) is 62.6 Å². The predicted octanol–water partition coefficient (Wildman–Crippen LogP) is 5.75. The molecule has 2 aromatic carbocycles. The number of aromatic nitrogens is 3. The third-order valence-electron chi connectivity index (χ3n) is 10.3. The lowest BCUT2D eigenvalue weighted by Gasteiger charge is -2.44. The van der Waals surface area contributed by atoms with E-state index in [0.29, 0.717) is 37.4 Å². The molecule has 11 heteroatoms. The van der Waals surface area contributed by atoms with Crippen LogP contribution in [0.25, 0.3) is 32.9 Å². The molecule has 0 amide bonds. The van der Waals surface area contributed by atoms with Gasteiger partial charge >= 0.3 is 6.01 Å². The number of fused-ring (bicyclic) bond motifs is 3. The van der Waals surface area contributed by atoms with Gasteiger partial charge in [-0.15, -0.1) is 6.42 Å². The number of halogens is 3. The highest BCUT2D eigenvalue weighted by atomic mass is 19.1. The molecule has 1 saturated carbocycles. The maximum atomic E-state index is 16.8. The first-order valence-electron chi connectivity index (χ1n) is 15.8. The van der Waals surface area contributed by atoms with Crippen LogP contribution in [-0.2, 0) is 0 Å². The number of phenolic OH excluding ortho intramolecular Hbond substituents is 1. The first-order valence-corrected chi connectivity index (χ1v) is 15.8. The number of β-amino-alcohol motifs (C(OH)–C–C–N with tert-alkyl or cyclic N) is 1. The summed E-state index contributed by atoms with van der Waals surface area (Å²) < 4.78 is 51.9. The zero-order valence-electron chi connectivity index (χ0n) is 25.7. The number of terminal acetylenes is 1. The number of aliphatic hydroxyl groups is 1. The average molecular weight is 632 g/mol. The van der Waals surface area contributed by atoms with Crippen molar-refractivity contribution < 1.29 is 28.1 Å². The second kappa shape index (κ2) is 11.6. The van der Waals surface area contributed by atoms with E-state index in [1.807, 2.05) is 0 Å². The van der Waals surface area contributed by atoms with E-state index in [4.69, 9.17) is 16.1 Å². The Hall–Kier alpha value is -4.14. The third-order valence-corrected chi connectivity index (χ3v) is 10.3. The quantitative estimate of drug-likeness (QED) is 0.260. The highest BCUT2D eigenvalue weighted by molar-refractivity contribution is 6.03. The van der Waals surface area contributed by atoms with Crippen molar-refractivity contribution in [3.8, 4) is 35.4 Å². The van der Waals surface area contributed by atoms with Gasteiger partial charge in [0, 0.05) is 35.1 Å². The first-order chi connectivity index (χ1) is 22.1. The van der Waals surface area contributed by atoms with Crippen LogP contribution in [0.3, 0.4) is 0 Å². The second-order valence-electron chi connectivity index (χ2n) is 13.2. The number of alkyl halides is 1. The lowest BCUT2D eigenvalue weighted by molar-refractivity contribution is 0.00288. The van der Waals surface area contributed by atoms with Gasteiger partial charge in [0.25, 0.3) is 0 Å². The van der Waals surface area contributed by atoms with Crippen molar-refractivity contribution in [1.82, 2.24) is 19.9 Å². The number of piperidine rings is 2. The van der Waals surface area contributed by atoms with Crippen molar-refractivity contribution in [2.24, 2.45) is 5.41 Å². The van der Waals surface area contributed by atoms with Crippen molar-refractivity contribution in [1.29, 1.82) is 0 Å². The molecule has 2 unspecified atom stereocenters. The van der Waals surface area contributed by atoms with E-state index in [0.717, 1.165) is 38.6 Å². The van der Waals surface area contributed by atoms with Crippen molar-refractivity contribution in [2.75, 3.05) is 44.9 Å². The minimum atomic E-state index is -1.57. The number of hydrogen-bond acceptors (Lipinski definition) is 8. The molecule has 2 N–H and O–H groups in total. The minimum absolute atomic E-state index is 0.0303. The lowest BCUT2D eigenvalue weighted by atomic mass is 9.76. The Bertz CT molecular complexity index is 1880. The Morgan fingerprint density at radius 3 is 2.72 bits per heavy atom. The van der Waals surface area contributed by atoms with Crippen LogP contribution in [0, 0.1) is 29.4 Å². The van der Waals surface area contributed by atoms with Crippen LogP contribution >= 0.6 is 0 Å². The van der Waals surface area contributed by atoms with Crippen LogP contribution in [-0.4, -0.2) is 81.7 Å². The summed E-state index contributed by atoms with van der Waals surface area (Å²) in [5.41, 5.74) is -1.90. The number of phenols is 1. The zero-order chi connectivity index (χ0) is 32.2. The predicted molar refractivity (Wildman–Crippen MR) is 170 cm³/mol. The van der Waals surface area contributed by atoms with Gasteiger partial charge in [-0.3, -0.25) is 4.98 Å². The van der Waals surface area contributed by atoms with Crippen molar-refractivity contribution in [2.45, 2.75) is 56.6 Å². The molecule has 46 heavy (non-hydrogen) atoms. The minimum Gasteiger partial charge on any atom is -0.508 e. The maximum Gasteiger partial charge on any atom is 0.319 e. The largest absolute Gasteiger partial charge is 0.508 e. The van der Waals surface area contributed by atoms with Gasteiger partial charge in [-0.25, -0.2) is 13.2 Å². The maximum absolute atomic E-state index is 16.8. The summed E-state index contributed by atoms with van der Waals surface area (Å²) in [4.78, 5) is 17.8. The van der Waals surface area contributed by atoms with Crippen LogP contribution in [0.1, 0.15) is 50.5 Å². The molecule has 2 aromatic heterocycles. The molecular weight excluding hydrogens is 595 g/mol. The van der Waals surface area contributed by atoms with E-state index in [1.165, 1.54) is 30.5 Å². The van der Waals surface area contributed by atoms with E-state index >= 15 is 4.39 Å². The molecule has 7 rings (SSSR count). The van der Waals surface area contributed by atoms with Gasteiger partial charge in [0.1, 0.15) is 40.9 Å². The molecule has 1 aliphatic carbocycles. The summed E-state index contributed by atoms with van der Waals surface area (Å²) in [6, 6.07) is 5.72. The topological polar surface area (TPSA) is 94.8 Å². The lowest BCUT2D eigenvalue weighted by Crippen LogP contribution is -2.50. The van der Waals surface area contributed by atoms with Gasteiger partial charge in [-0.05, 0) is 75.7 Å². The fourth-order valence-corrected chi connectivity index (χ4v) is 8.05. The summed E-state index contributed by atoms with van der Waals surface area (Å²) in [7, 11) is 2.14. The number of aromatic hydroxyl groups is 1. The summed E-state index contributed by atoms with van der Waals surface area (Å²) in [5.74, 6) is 0.960. The number of ether oxygens (including phenoxy) is 1. The number of hydrogen-bond donors (Lipinski definition) is 2. The second-order valence-corrected chi connectivity index (χ2v) is 13.2. The Balaban J connectivity index is 1.38. The number of rotatable bonds is 6. The highest BCUT2D eigenvalue weighted by Gasteiger charge is 2.47. The Morgan fingerprint density at radius 1 is 1.11 bits per heavy atom. The molecule has 0 bridgehead atoms. The Morgan fingerprint density at radius 2 is 1.91 bits per heavy atom. The molecule has 0 radical (unpaired) electrons. The number of nitrogens with zero attached hydrogens (tertiary/aromatic N) is 5. The van der Waals surface area contributed by atoms with E-state index in [9.17, 15) is 19.0 Å². The van der Waals surface area contributed by atoms with E-state index in [1.54, 1.807) is 4.90 Å². The van der Waals surface area contributed by atoms with E-state index in [2.05, 4.69) is 27.8 Å². The molecule has 3 fully saturated rings. The van der Waals surface area contributed by atoms with Crippen LogP contribution in [0.4, 0.5) is 19.0 Å². The van der Waals surface area contributed by atoms with Gasteiger partial charge in [0.2, 0.25) is 0 Å². The molecule has 0 spiro atoms. The monoisotopic (exact) mass is 631 g/mol. The van der Waals surface area contributed by atoms with Gasteiger partial charge in [-0.1, -0.05) is 18.4 Å². The van der Waals surface area contributed by atoms with Gasteiger partial charge in [-0.2, -0.15) is 9.97 Å². The molecule has 4 heterocycles. The normalized spacial score (nSPS) is 25.1. The van der Waals surface area contributed by atoms with Gasteiger partial charge in [0.05, 0.1) is 24.1 Å². The standard InChI is InChI=1S/C35H36F3N5O3/c1-3-23-26(37)9-8-21-15-22(44)16-24(28(21)23)30-29(38)31-25(17-39-30)32(43-14-6-12-35(45,18-36)19-43)41-33(40-31)46-20-34-10-4-7-27(34)42(2)13-5-11-34/h1,8-9,15-17,27,44-45H,4-7,10-14,18-20H2,2H3/t27?,34-,35?/m1/s1. The SMILES string of the molecule is C#Cc1c(F)ccc2cc(O)cc(-c3ncc4c(N5CCCC(O)(CF)C5)nc(OC[C@]56CCCC5N(C)CCC6)nc4c3F)c12. The smallest absolute Gasteiger partial charge is 0.319 e. The van der Waals surface area contributed by atoms with Gasteiger partial charge < -0.3 is 24.7 Å². The molecule has 2 saturated heterocycles. The fourth-order valence-electron chi connectivity index (χ4n) is 8.05. The van der Waals surface area contributed by atoms with Crippen molar-refractivity contribution >= 4 is 27.5 Å². The molecule has 2 aliphatic heterocycles. The number of benzene rings is 2. The summed E-state index contributed by atoms with van der Waals surface area (Å²) in [6.45, 7) is 0.879. The number of likely N-dealkylation sites (tertiary alicyclic amines) is 1. The van der Waals surface area contributed by atoms with Crippen LogP contribution in [0.15, 0.2) is 30.5 Å². The van der Waals surface area contributed by atoms with Crippen molar-refractivity contribution in [3.63, 3.8) is 0 Å². The molecule has 3 aliphatic rings. The Labute approximate surface area is 265 Å². The summed E-state index contributed by atoms with van der Waals surface area (Å²) >= 11 is 0. The van der Waals surface area contributed by atoms with Crippen LogP contribution in [0.2, 0.25) is 0 Å². The Kier molecular flexibility index (Phi) is 7.68. The first kappa shape index (κ1) is 30.5. The van der Waals surface area contributed by atoms with E-state index < -0.39 is 23.9 Å². The molecule has 8 nitrogen and oxygen atoms in total. The summed E-state index contributed by atoms with van der Waals surface area (Å²) in [6.07, 6.45) is 13.1. The van der Waals surface area contributed by atoms with Crippen molar-refractivity contribution in [3.05, 3.63) is 47.7 Å². The van der Waals surface area contributed by atoms with Gasteiger partial charge in [0.15, 0.2) is 5.82 Å². The third kappa shape index (κ3) is 5.08. The number of pyridine rings is 1. The summed E-state index contributed by atoms with van der Waals surface area (Å²) in [5, 5.41) is 22.3. The molecule has 4 aromatic rings. The molecule has 240 valence electrons. The number of anilines is 1. The zero-order valence-corrected chi connectivity index (χ0v) is 25.7. The average Bonchev–Trinajstić information content (AvgIpc) is 3.49.